The Morgan fingerprint density at radius 2 is 1.79 bits per heavy atom. The molecule has 0 bridgehead atoms. The van der Waals surface area contributed by atoms with Crippen LogP contribution in [-0.4, -0.2) is 4.98 Å². The summed E-state index contributed by atoms with van der Waals surface area (Å²) < 4.78 is 0. The number of rotatable bonds is 2. The van der Waals surface area contributed by atoms with Gasteiger partial charge in [0.2, 0.25) is 0 Å². The molecule has 1 heterocycles. The van der Waals surface area contributed by atoms with Crippen molar-refractivity contribution in [1.29, 1.82) is 5.26 Å². The standard InChI is InChI=1S/C16H11ClN2/c17-12-7-5-11(6-8-12)16-14(9-10-18)13-3-1-2-4-15(13)19-16/h1-8,19H,9H2. The molecule has 0 atom stereocenters. The van der Waals surface area contributed by atoms with E-state index in [2.05, 4.69) is 11.1 Å². The maximum absolute atomic E-state index is 9.03. The summed E-state index contributed by atoms with van der Waals surface area (Å²) >= 11 is 5.92. The molecule has 0 aliphatic heterocycles. The van der Waals surface area contributed by atoms with Crippen molar-refractivity contribution in [3.05, 3.63) is 59.1 Å². The van der Waals surface area contributed by atoms with Crippen LogP contribution in [0.3, 0.4) is 0 Å². The number of fused-ring (bicyclic) bond motifs is 1. The molecule has 3 heteroatoms. The van der Waals surface area contributed by atoms with E-state index in [1.54, 1.807) is 0 Å². The molecule has 92 valence electrons. The summed E-state index contributed by atoms with van der Waals surface area (Å²) in [4.78, 5) is 3.39. The lowest BCUT2D eigenvalue weighted by atomic mass is 10.0. The van der Waals surface area contributed by atoms with Gasteiger partial charge in [0.25, 0.3) is 0 Å². The number of nitriles is 1. The van der Waals surface area contributed by atoms with Gasteiger partial charge in [0.05, 0.1) is 18.2 Å². The van der Waals surface area contributed by atoms with Crippen LogP contribution in [0.5, 0.6) is 0 Å². The van der Waals surface area contributed by atoms with Crippen molar-refractivity contribution in [2.24, 2.45) is 0 Å². The summed E-state index contributed by atoms with van der Waals surface area (Å²) in [6.07, 6.45) is 0.391. The van der Waals surface area contributed by atoms with Gasteiger partial charge in [-0.25, -0.2) is 0 Å². The molecule has 0 fully saturated rings. The Bertz CT molecular complexity index is 764. The Kier molecular flexibility index (Phi) is 2.98. The second-order valence-corrected chi connectivity index (χ2v) is 4.80. The molecule has 3 rings (SSSR count). The number of H-pyrrole nitrogens is 1. The first-order valence-electron chi connectivity index (χ1n) is 6.02. The Labute approximate surface area is 116 Å². The number of hydrogen-bond acceptors (Lipinski definition) is 1. The average molecular weight is 267 g/mol. The molecular weight excluding hydrogens is 256 g/mol. The smallest absolute Gasteiger partial charge is 0.0670 e. The second kappa shape index (κ2) is 4.79. The Balaban J connectivity index is 2.25. The van der Waals surface area contributed by atoms with Crippen LogP contribution >= 0.6 is 11.6 Å². The van der Waals surface area contributed by atoms with Crippen LogP contribution in [0.15, 0.2) is 48.5 Å². The molecule has 0 spiro atoms. The van der Waals surface area contributed by atoms with E-state index in [1.165, 1.54) is 0 Å². The molecule has 1 aromatic heterocycles. The van der Waals surface area contributed by atoms with Crippen molar-refractivity contribution in [3.63, 3.8) is 0 Å². The van der Waals surface area contributed by atoms with Gasteiger partial charge in [0.1, 0.15) is 0 Å². The first-order chi connectivity index (χ1) is 9.29. The minimum absolute atomic E-state index is 0.391. The molecule has 0 saturated heterocycles. The second-order valence-electron chi connectivity index (χ2n) is 4.37. The highest BCUT2D eigenvalue weighted by molar-refractivity contribution is 6.30. The van der Waals surface area contributed by atoms with Crippen LogP contribution in [0.2, 0.25) is 5.02 Å². The van der Waals surface area contributed by atoms with Gasteiger partial charge in [0.15, 0.2) is 0 Å². The van der Waals surface area contributed by atoms with E-state index >= 15 is 0 Å². The summed E-state index contributed by atoms with van der Waals surface area (Å²) in [6, 6.07) is 17.9. The fraction of sp³-hybridized carbons (Fsp3) is 0.0625. The van der Waals surface area contributed by atoms with Crippen LogP contribution in [0, 0.1) is 11.3 Å². The Morgan fingerprint density at radius 1 is 1.05 bits per heavy atom. The molecule has 0 amide bonds. The lowest BCUT2D eigenvalue weighted by molar-refractivity contribution is 1.28. The van der Waals surface area contributed by atoms with E-state index in [9.17, 15) is 0 Å². The predicted molar refractivity (Wildman–Crippen MR) is 78.1 cm³/mol. The predicted octanol–water partition coefficient (Wildman–Crippen LogP) is 4.55. The van der Waals surface area contributed by atoms with Crippen LogP contribution in [0.4, 0.5) is 0 Å². The molecule has 2 aromatic carbocycles. The van der Waals surface area contributed by atoms with Crippen LogP contribution in [0.1, 0.15) is 5.56 Å². The van der Waals surface area contributed by atoms with E-state index in [4.69, 9.17) is 16.9 Å². The highest BCUT2D eigenvalue weighted by Gasteiger charge is 2.12. The normalized spacial score (nSPS) is 10.5. The topological polar surface area (TPSA) is 39.6 Å². The largest absolute Gasteiger partial charge is 0.354 e. The summed E-state index contributed by atoms with van der Waals surface area (Å²) in [7, 11) is 0. The fourth-order valence-electron chi connectivity index (χ4n) is 2.33. The first kappa shape index (κ1) is 11.8. The van der Waals surface area contributed by atoms with E-state index in [0.29, 0.717) is 11.4 Å². The average Bonchev–Trinajstić information content (AvgIpc) is 2.79. The molecular formula is C16H11ClN2. The monoisotopic (exact) mass is 266 g/mol. The first-order valence-corrected chi connectivity index (χ1v) is 6.40. The number of halogens is 1. The molecule has 2 nitrogen and oxygen atoms in total. The van der Waals surface area contributed by atoms with E-state index in [1.807, 2.05) is 48.5 Å². The maximum atomic E-state index is 9.03. The molecule has 19 heavy (non-hydrogen) atoms. The van der Waals surface area contributed by atoms with Crippen molar-refractivity contribution in [3.8, 4) is 17.3 Å². The third kappa shape index (κ3) is 2.09. The summed E-state index contributed by atoms with van der Waals surface area (Å²) in [6.45, 7) is 0. The quantitative estimate of drug-likeness (QED) is 0.726. The summed E-state index contributed by atoms with van der Waals surface area (Å²) in [5, 5.41) is 10.8. The van der Waals surface area contributed by atoms with Crippen LogP contribution < -0.4 is 0 Å². The van der Waals surface area contributed by atoms with E-state index in [-0.39, 0.29) is 0 Å². The van der Waals surface area contributed by atoms with Gasteiger partial charge in [-0.2, -0.15) is 5.26 Å². The molecule has 0 saturated carbocycles. The molecule has 0 unspecified atom stereocenters. The summed E-state index contributed by atoms with van der Waals surface area (Å²) in [5.74, 6) is 0. The Morgan fingerprint density at radius 3 is 2.53 bits per heavy atom. The number of aromatic amines is 1. The number of nitrogens with zero attached hydrogens (tertiary/aromatic N) is 1. The lowest BCUT2D eigenvalue weighted by Gasteiger charge is -2.02. The number of aromatic nitrogens is 1. The van der Waals surface area contributed by atoms with Gasteiger partial charge < -0.3 is 4.98 Å². The molecule has 0 aliphatic carbocycles. The zero-order valence-corrected chi connectivity index (χ0v) is 10.9. The number of hydrogen-bond donors (Lipinski definition) is 1. The molecule has 1 N–H and O–H groups in total. The minimum Gasteiger partial charge on any atom is -0.354 e. The third-order valence-electron chi connectivity index (χ3n) is 3.20. The van der Waals surface area contributed by atoms with Gasteiger partial charge in [0, 0.05) is 15.9 Å². The zero-order chi connectivity index (χ0) is 13.2. The van der Waals surface area contributed by atoms with Crippen molar-refractivity contribution in [1.82, 2.24) is 4.98 Å². The SMILES string of the molecule is N#CCc1c(-c2ccc(Cl)cc2)[nH]c2ccccc12. The van der Waals surface area contributed by atoms with E-state index < -0.39 is 0 Å². The van der Waals surface area contributed by atoms with Crippen molar-refractivity contribution >= 4 is 22.5 Å². The van der Waals surface area contributed by atoms with Crippen molar-refractivity contribution in [2.75, 3.05) is 0 Å². The van der Waals surface area contributed by atoms with Gasteiger partial charge in [-0.05, 0) is 29.3 Å². The highest BCUT2D eigenvalue weighted by Crippen LogP contribution is 2.31. The van der Waals surface area contributed by atoms with Gasteiger partial charge in [-0.1, -0.05) is 41.9 Å². The fourth-order valence-corrected chi connectivity index (χ4v) is 2.45. The lowest BCUT2D eigenvalue weighted by Crippen LogP contribution is -1.85. The minimum atomic E-state index is 0.391. The number of benzene rings is 2. The van der Waals surface area contributed by atoms with Crippen LogP contribution in [0.25, 0.3) is 22.2 Å². The number of nitrogens with one attached hydrogen (secondary N) is 1. The zero-order valence-electron chi connectivity index (χ0n) is 10.2. The van der Waals surface area contributed by atoms with Gasteiger partial charge in [-0.3, -0.25) is 0 Å². The highest BCUT2D eigenvalue weighted by atomic mass is 35.5. The van der Waals surface area contributed by atoms with E-state index in [0.717, 1.165) is 27.7 Å². The molecule has 3 aromatic rings. The maximum Gasteiger partial charge on any atom is 0.0670 e. The molecule has 0 aliphatic rings. The number of para-hydroxylation sites is 1. The Hall–Kier alpha value is -2.24. The molecule has 0 radical (unpaired) electrons. The van der Waals surface area contributed by atoms with Crippen LogP contribution in [-0.2, 0) is 6.42 Å². The van der Waals surface area contributed by atoms with Gasteiger partial charge >= 0.3 is 0 Å². The summed E-state index contributed by atoms with van der Waals surface area (Å²) in [5.41, 5.74) is 4.14. The van der Waals surface area contributed by atoms with Gasteiger partial charge in [-0.15, -0.1) is 0 Å². The van der Waals surface area contributed by atoms with Crippen molar-refractivity contribution in [2.45, 2.75) is 6.42 Å². The third-order valence-corrected chi connectivity index (χ3v) is 3.45. The van der Waals surface area contributed by atoms with Crippen molar-refractivity contribution < 1.29 is 0 Å².